The number of nitrogens with zero attached hydrogens (tertiary/aromatic N) is 5. The highest BCUT2D eigenvalue weighted by atomic mass is 16.3. The summed E-state index contributed by atoms with van der Waals surface area (Å²) in [5.74, 6) is 0. The molecule has 20 aromatic rings. The first kappa shape index (κ1) is 35.5. The van der Waals surface area contributed by atoms with Crippen LogP contribution in [0, 0.1) is 0 Å². The number of para-hydroxylation sites is 8. The number of anilines is 6. The van der Waals surface area contributed by atoms with Gasteiger partial charge >= 0.3 is 0 Å². The van der Waals surface area contributed by atoms with Gasteiger partial charge in [-0.1, -0.05) is 218 Å². The van der Waals surface area contributed by atoms with E-state index in [4.69, 9.17) is 14.3 Å². The first-order chi connectivity index (χ1) is 58.6. The maximum atomic E-state index is 10.1. The van der Waals surface area contributed by atoms with Crippen molar-refractivity contribution in [2.45, 2.75) is 0 Å². The Bertz CT molecular complexity index is 7680. The van der Waals surface area contributed by atoms with E-state index in [1.807, 2.05) is 155 Å². The molecule has 0 bridgehead atoms. The van der Waals surface area contributed by atoms with Crippen LogP contribution in [0.5, 0.6) is 0 Å². The van der Waals surface area contributed by atoms with Crippen LogP contribution in [0.2, 0.25) is 0 Å². The van der Waals surface area contributed by atoms with Gasteiger partial charge in [0.1, 0.15) is 22.3 Å². The largest absolute Gasteiger partial charge is 0.456 e. The van der Waals surface area contributed by atoms with Gasteiger partial charge in [0.05, 0.1) is 93.8 Å². The smallest absolute Gasteiger partial charge is 0.252 e. The molecular formula is C90H54BN5O2. The van der Waals surface area contributed by atoms with E-state index in [1.165, 1.54) is 13.7 Å². The molecule has 2 aliphatic rings. The maximum absolute atomic E-state index is 10.1. The molecule has 98 heavy (non-hydrogen) atoms. The minimum absolute atomic E-state index is 0.0329. The number of benzene rings is 15. The number of hydrogen-bond donors (Lipinski definition) is 0. The van der Waals surface area contributed by atoms with Gasteiger partial charge in [0, 0.05) is 77.2 Å². The van der Waals surface area contributed by atoms with E-state index in [2.05, 4.69) is 0 Å². The summed E-state index contributed by atoms with van der Waals surface area (Å²) in [5.41, 5.74) is 6.95. The first-order valence-electron chi connectivity index (χ1n) is 43.7. The summed E-state index contributed by atoms with van der Waals surface area (Å²) in [6, 6.07) is 40.7. The summed E-state index contributed by atoms with van der Waals surface area (Å²) >= 11 is 0. The highest BCUT2D eigenvalue weighted by Gasteiger charge is 2.46. The molecule has 0 aliphatic carbocycles. The number of aromatic nitrogens is 3. The third-order valence-electron chi connectivity index (χ3n) is 19.5. The summed E-state index contributed by atoms with van der Waals surface area (Å²) < 4.78 is 247. The monoisotopic (exact) mass is 1270 g/mol. The Morgan fingerprint density at radius 1 is 0.255 bits per heavy atom. The lowest BCUT2D eigenvalue weighted by molar-refractivity contribution is 0.668. The van der Waals surface area contributed by atoms with Crippen LogP contribution < -0.4 is 26.2 Å². The number of rotatable bonds is 7. The second kappa shape index (κ2) is 20.2. The van der Waals surface area contributed by atoms with Crippen molar-refractivity contribution in [3.05, 3.63) is 327 Å². The number of furan rings is 2. The normalized spacial score (nSPS) is 16.3. The van der Waals surface area contributed by atoms with Crippen LogP contribution in [0.15, 0.2) is 336 Å². The van der Waals surface area contributed by atoms with E-state index in [1.54, 1.807) is 36.4 Å². The molecule has 2 aliphatic heterocycles. The van der Waals surface area contributed by atoms with Gasteiger partial charge < -0.3 is 32.3 Å². The molecule has 0 fully saturated rings. The highest BCUT2D eigenvalue weighted by Crippen LogP contribution is 2.53. The van der Waals surface area contributed by atoms with Gasteiger partial charge in [0.25, 0.3) is 6.71 Å². The molecule has 0 N–H and O–H groups in total. The molecule has 7 nitrogen and oxygen atoms in total. The summed E-state index contributed by atoms with van der Waals surface area (Å²) in [7, 11) is 0. The lowest BCUT2D eigenvalue weighted by Gasteiger charge is -2.45. The lowest BCUT2D eigenvalue weighted by atomic mass is 9.33. The van der Waals surface area contributed by atoms with Gasteiger partial charge in [0.2, 0.25) is 0 Å². The van der Waals surface area contributed by atoms with Crippen molar-refractivity contribution in [3.63, 3.8) is 0 Å². The molecule has 0 unspecified atom stereocenters. The van der Waals surface area contributed by atoms with Gasteiger partial charge in [-0.3, -0.25) is 0 Å². The van der Waals surface area contributed by atoms with E-state index < -0.39 is 152 Å². The van der Waals surface area contributed by atoms with Gasteiger partial charge in [-0.2, -0.15) is 0 Å². The Hall–Kier alpha value is -13.0. The summed E-state index contributed by atoms with van der Waals surface area (Å²) in [6.45, 7) is -1.08. The average molecular weight is 1270 g/mol. The van der Waals surface area contributed by atoms with Crippen LogP contribution in [0.4, 0.5) is 34.1 Å². The Kier molecular flexibility index (Phi) is 7.33. The molecule has 454 valence electrons. The van der Waals surface area contributed by atoms with E-state index in [-0.39, 0.29) is 93.9 Å². The third-order valence-corrected chi connectivity index (χ3v) is 19.5. The van der Waals surface area contributed by atoms with Crippen molar-refractivity contribution in [3.8, 4) is 39.3 Å². The van der Waals surface area contributed by atoms with Gasteiger partial charge in [-0.05, 0) is 148 Å². The lowest BCUT2D eigenvalue weighted by Crippen LogP contribution is -2.61. The van der Waals surface area contributed by atoms with Crippen LogP contribution in [0.25, 0.3) is 149 Å². The Labute approximate surface area is 596 Å². The van der Waals surface area contributed by atoms with Gasteiger partial charge in [0.15, 0.2) is 0 Å². The molecule has 5 aromatic heterocycles. The fourth-order valence-electron chi connectivity index (χ4n) is 15.5. The van der Waals surface area contributed by atoms with Crippen molar-refractivity contribution in [2.24, 2.45) is 0 Å². The Morgan fingerprint density at radius 3 is 0.959 bits per heavy atom. The quantitative estimate of drug-likeness (QED) is 0.149. The van der Waals surface area contributed by atoms with Crippen molar-refractivity contribution in [2.75, 3.05) is 9.80 Å². The minimum Gasteiger partial charge on any atom is -0.456 e. The molecule has 0 radical (unpaired) electrons. The van der Waals surface area contributed by atoms with Crippen LogP contribution in [0.3, 0.4) is 0 Å². The van der Waals surface area contributed by atoms with Crippen molar-refractivity contribution < 1.29 is 41.7 Å². The van der Waals surface area contributed by atoms with Crippen molar-refractivity contribution in [1.29, 1.82) is 0 Å². The standard InChI is InChI=1S/C90H54BN5O2/c1-3-23-55(24-4-1)57-47-80(88-68-33-13-21-41-84(68)97-86(88)49-57)95-78-51-59(92-72-35-15-7-27-62(72)63-28-8-16-36-73(63)92)43-45-70(78)91-71-46-44-60(93-74-37-17-9-29-64(74)65-30-10-18-38-75(65)93)52-79(71)96(81-48-58(56-25-5-2-6-26-56)50-87-89(81)69-34-14-22-42-85(69)98-87)83-54-61(53-82(95)90(83)91)94-76-39-19-11-31-66(76)67-32-12-20-40-77(67)94/h1-54H/i7D,8D,9D,10D,11D,12D,15D,16D,17D,18D,19D,20D,27D,28D,29D,30D,31D,32D,35D,36D,37D,38D,39D,40D. The Morgan fingerprint density at radius 2 is 0.582 bits per heavy atom. The molecule has 8 heteroatoms. The molecule has 22 rings (SSSR count). The topological polar surface area (TPSA) is 47.6 Å². The predicted octanol–water partition coefficient (Wildman–Crippen LogP) is 22.2. The van der Waals surface area contributed by atoms with E-state index in [0.29, 0.717) is 94.1 Å². The molecule has 0 saturated heterocycles. The molecule has 0 atom stereocenters. The summed E-state index contributed by atoms with van der Waals surface area (Å²) in [5, 5.41) is 1.06. The summed E-state index contributed by atoms with van der Waals surface area (Å²) in [4.78, 5) is 3.95. The number of hydrogen-bond acceptors (Lipinski definition) is 4. The molecule has 15 aromatic carbocycles. The van der Waals surface area contributed by atoms with Crippen molar-refractivity contribution >= 4 is 167 Å². The van der Waals surface area contributed by atoms with Crippen LogP contribution in [-0.4, -0.2) is 20.4 Å². The van der Waals surface area contributed by atoms with Gasteiger partial charge in [-0.25, -0.2) is 0 Å². The fraction of sp³-hybridized carbons (Fsp3) is 0. The molecule has 7 heterocycles. The highest BCUT2D eigenvalue weighted by molar-refractivity contribution is 7.00. The maximum Gasteiger partial charge on any atom is 0.252 e. The average Bonchev–Trinajstić information content (AvgIpc) is 0.998. The predicted molar refractivity (Wildman–Crippen MR) is 409 cm³/mol. The molecule has 0 amide bonds. The summed E-state index contributed by atoms with van der Waals surface area (Å²) in [6.07, 6.45) is 0. The van der Waals surface area contributed by atoms with Crippen LogP contribution in [0.1, 0.15) is 32.9 Å². The van der Waals surface area contributed by atoms with Crippen LogP contribution >= 0.6 is 0 Å². The second-order valence-corrected chi connectivity index (χ2v) is 24.5. The van der Waals surface area contributed by atoms with Crippen molar-refractivity contribution in [1.82, 2.24) is 13.7 Å². The zero-order chi connectivity index (χ0) is 84.7. The molecule has 0 saturated carbocycles. The van der Waals surface area contributed by atoms with E-state index in [0.717, 1.165) is 11.1 Å². The van der Waals surface area contributed by atoms with Crippen LogP contribution in [-0.2, 0) is 0 Å². The minimum atomic E-state index is -1.08. The molecule has 0 spiro atoms. The SMILES string of the molecule is [2H]c1c([2H])c([2H])c2c(c1[2H])c1c([2H])c([2H])c([2H])c([2H])c1n2-c1ccc2c(c1)N(c1cc(-c3ccccc3)cc3oc4ccccc4c13)c1cc(-n3c4c([2H])c([2H])c([2H])c([2H])c4c4c([2H])c([2H])c([2H])c([2H])c43)cc3c1B2c1ccc(-n2c4c([2H])c([2H])c([2H])c([2H])c4c4c([2H])c([2H])c([2H])c([2H])c42)cc1N3c1cc(-c2ccccc2)cc2oc3ccccc3c12. The first-order valence-corrected chi connectivity index (χ1v) is 31.7. The second-order valence-electron chi connectivity index (χ2n) is 24.5. The fourth-order valence-corrected chi connectivity index (χ4v) is 15.5. The van der Waals surface area contributed by atoms with E-state index >= 15 is 0 Å². The molecular weight excluding hydrogens is 1190 g/mol. The zero-order valence-corrected chi connectivity index (χ0v) is 51.0. The van der Waals surface area contributed by atoms with Gasteiger partial charge in [-0.15, -0.1) is 0 Å². The third kappa shape index (κ3) is 7.48. The zero-order valence-electron chi connectivity index (χ0n) is 75.0. The van der Waals surface area contributed by atoms with E-state index in [9.17, 15) is 27.4 Å². The Balaban J connectivity index is 0.990. The number of fused-ring (bicyclic) bond motifs is 19.